The van der Waals surface area contributed by atoms with Crippen LogP contribution in [-0.2, 0) is 5.75 Å². The minimum Gasteiger partial charge on any atom is -0.338 e. The Morgan fingerprint density at radius 3 is 3.04 bits per heavy atom. The lowest BCUT2D eigenvalue weighted by atomic mass is 10.1. The summed E-state index contributed by atoms with van der Waals surface area (Å²) in [5.41, 5.74) is 2.11. The molecule has 5 nitrogen and oxygen atoms in total. The molecule has 3 aromatic heterocycles. The van der Waals surface area contributed by atoms with Crippen molar-refractivity contribution in [2.75, 3.05) is 0 Å². The molecule has 4 aromatic rings. The number of thioether (sulfide) groups is 1. The van der Waals surface area contributed by atoms with Gasteiger partial charge in [0.1, 0.15) is 17.2 Å². The number of hydrogen-bond acceptors (Lipinski definition) is 7. The van der Waals surface area contributed by atoms with Gasteiger partial charge in [0.25, 0.3) is 0 Å². The molecule has 0 spiro atoms. The van der Waals surface area contributed by atoms with Crippen molar-refractivity contribution in [3.8, 4) is 11.4 Å². The van der Waals surface area contributed by atoms with E-state index in [0.29, 0.717) is 28.6 Å². The van der Waals surface area contributed by atoms with E-state index >= 15 is 0 Å². The Labute approximate surface area is 145 Å². The van der Waals surface area contributed by atoms with Gasteiger partial charge in [0.2, 0.25) is 11.7 Å². The summed E-state index contributed by atoms with van der Waals surface area (Å²) in [7, 11) is 0. The zero-order chi connectivity index (χ0) is 16.5. The predicted octanol–water partition coefficient (Wildman–Crippen LogP) is 4.48. The molecule has 0 saturated carbocycles. The predicted molar refractivity (Wildman–Crippen MR) is 91.4 cm³/mol. The molecule has 120 valence electrons. The highest BCUT2D eigenvalue weighted by atomic mass is 32.2. The maximum atomic E-state index is 13.7. The Hall–Kier alpha value is -2.32. The summed E-state index contributed by atoms with van der Waals surface area (Å²) in [5.74, 6) is 1.06. The first-order valence-electron chi connectivity index (χ1n) is 7.11. The lowest BCUT2D eigenvalue weighted by Crippen LogP contribution is -1.87. The highest BCUT2D eigenvalue weighted by Crippen LogP contribution is 2.30. The molecule has 1 aromatic carbocycles. The average molecular weight is 358 g/mol. The van der Waals surface area contributed by atoms with Crippen LogP contribution in [0, 0.1) is 12.7 Å². The van der Waals surface area contributed by atoms with Crippen molar-refractivity contribution >= 4 is 33.3 Å². The van der Waals surface area contributed by atoms with Gasteiger partial charge in [-0.3, -0.25) is 0 Å². The molecule has 0 amide bonds. The second-order valence-corrected chi connectivity index (χ2v) is 6.96. The summed E-state index contributed by atoms with van der Waals surface area (Å²) in [6.07, 6.45) is 1.55. The molecule has 0 atom stereocenters. The van der Waals surface area contributed by atoms with Crippen LogP contribution in [0.1, 0.15) is 11.5 Å². The van der Waals surface area contributed by atoms with Gasteiger partial charge in [-0.05, 0) is 30.0 Å². The summed E-state index contributed by atoms with van der Waals surface area (Å²) in [6, 6.07) is 6.85. The van der Waals surface area contributed by atoms with Crippen LogP contribution in [0.3, 0.4) is 0 Å². The molecule has 4 rings (SSSR count). The number of aryl methyl sites for hydroxylation is 1. The third kappa shape index (κ3) is 2.90. The fourth-order valence-electron chi connectivity index (χ4n) is 2.16. The number of benzene rings is 1. The number of fused-ring (bicyclic) bond motifs is 1. The fraction of sp³-hybridized carbons (Fsp3) is 0.125. The van der Waals surface area contributed by atoms with Crippen LogP contribution in [0.2, 0.25) is 0 Å². The normalized spacial score (nSPS) is 11.2. The van der Waals surface area contributed by atoms with Crippen molar-refractivity contribution in [3.63, 3.8) is 0 Å². The van der Waals surface area contributed by atoms with E-state index in [1.54, 1.807) is 36.7 Å². The van der Waals surface area contributed by atoms with Gasteiger partial charge in [0.15, 0.2) is 0 Å². The minimum atomic E-state index is -0.283. The molecule has 0 unspecified atom stereocenters. The van der Waals surface area contributed by atoms with Gasteiger partial charge < -0.3 is 4.52 Å². The van der Waals surface area contributed by atoms with E-state index in [0.717, 1.165) is 15.2 Å². The molecule has 3 heterocycles. The van der Waals surface area contributed by atoms with Crippen molar-refractivity contribution in [1.29, 1.82) is 0 Å². The van der Waals surface area contributed by atoms with Gasteiger partial charge in [0.05, 0.1) is 16.0 Å². The smallest absolute Gasteiger partial charge is 0.237 e. The third-order valence-electron chi connectivity index (χ3n) is 3.44. The summed E-state index contributed by atoms with van der Waals surface area (Å²) in [4.78, 5) is 12.8. The number of hydrogen-bond donors (Lipinski definition) is 0. The monoisotopic (exact) mass is 358 g/mol. The Kier molecular flexibility index (Phi) is 3.99. The van der Waals surface area contributed by atoms with Crippen LogP contribution in [0.25, 0.3) is 21.6 Å². The third-order valence-corrected chi connectivity index (χ3v) is 5.45. The van der Waals surface area contributed by atoms with Crippen molar-refractivity contribution < 1.29 is 8.91 Å². The Bertz CT molecular complexity index is 1010. The largest absolute Gasteiger partial charge is 0.338 e. The van der Waals surface area contributed by atoms with Gasteiger partial charge in [0, 0.05) is 5.56 Å². The highest BCUT2D eigenvalue weighted by Gasteiger charge is 2.12. The molecule has 0 fully saturated rings. The molecule has 0 N–H and O–H groups in total. The molecule has 24 heavy (non-hydrogen) atoms. The van der Waals surface area contributed by atoms with Gasteiger partial charge in [-0.1, -0.05) is 29.1 Å². The molecular weight excluding hydrogens is 347 g/mol. The first-order valence-corrected chi connectivity index (χ1v) is 8.97. The van der Waals surface area contributed by atoms with Crippen LogP contribution in [0.15, 0.2) is 45.5 Å². The van der Waals surface area contributed by atoms with Crippen LogP contribution in [0.4, 0.5) is 4.39 Å². The second-order valence-electron chi connectivity index (χ2n) is 5.08. The van der Waals surface area contributed by atoms with E-state index in [1.807, 2.05) is 11.4 Å². The summed E-state index contributed by atoms with van der Waals surface area (Å²) in [5, 5.41) is 6.80. The average Bonchev–Trinajstić information content (AvgIpc) is 3.24. The Morgan fingerprint density at radius 1 is 1.25 bits per heavy atom. The molecule has 0 aliphatic heterocycles. The lowest BCUT2D eigenvalue weighted by Gasteiger charge is -1.98. The SMILES string of the molecule is Cc1ccc(-c2noc(CSc3ncnc4ccsc34)n2)cc1F. The first kappa shape index (κ1) is 15.2. The van der Waals surface area contributed by atoms with Crippen molar-refractivity contribution in [1.82, 2.24) is 20.1 Å². The quantitative estimate of drug-likeness (QED) is 0.396. The molecule has 0 saturated heterocycles. The molecule has 0 aliphatic carbocycles. The molecule has 0 aliphatic rings. The number of rotatable bonds is 4. The number of halogens is 1. The van der Waals surface area contributed by atoms with Gasteiger partial charge in [-0.25, -0.2) is 14.4 Å². The number of aromatic nitrogens is 4. The molecule has 0 radical (unpaired) electrons. The second kappa shape index (κ2) is 6.29. The number of thiophene rings is 1. The van der Waals surface area contributed by atoms with Crippen molar-refractivity contribution in [2.24, 2.45) is 0 Å². The molecular formula is C16H11FN4OS2. The highest BCUT2D eigenvalue weighted by molar-refractivity contribution is 7.98. The van der Waals surface area contributed by atoms with Crippen molar-refractivity contribution in [3.05, 3.63) is 53.2 Å². The van der Waals surface area contributed by atoms with Crippen LogP contribution >= 0.6 is 23.1 Å². The molecule has 0 bridgehead atoms. The topological polar surface area (TPSA) is 64.7 Å². The summed E-state index contributed by atoms with van der Waals surface area (Å²) in [6.45, 7) is 1.71. The Morgan fingerprint density at radius 2 is 2.17 bits per heavy atom. The zero-order valence-electron chi connectivity index (χ0n) is 12.6. The lowest BCUT2D eigenvalue weighted by molar-refractivity contribution is 0.391. The molecule has 8 heteroatoms. The Balaban J connectivity index is 1.53. The maximum absolute atomic E-state index is 13.7. The van der Waals surface area contributed by atoms with Crippen molar-refractivity contribution in [2.45, 2.75) is 17.7 Å². The minimum absolute atomic E-state index is 0.283. The maximum Gasteiger partial charge on any atom is 0.237 e. The first-order chi connectivity index (χ1) is 11.7. The van der Waals surface area contributed by atoms with Crippen LogP contribution < -0.4 is 0 Å². The van der Waals surface area contributed by atoms with E-state index in [-0.39, 0.29) is 5.82 Å². The summed E-state index contributed by atoms with van der Waals surface area (Å²) >= 11 is 3.11. The van der Waals surface area contributed by atoms with Gasteiger partial charge >= 0.3 is 0 Å². The fourth-order valence-corrected chi connectivity index (χ4v) is 3.95. The van der Waals surface area contributed by atoms with Crippen LogP contribution in [0.5, 0.6) is 0 Å². The zero-order valence-corrected chi connectivity index (χ0v) is 14.2. The van der Waals surface area contributed by atoms with E-state index in [4.69, 9.17) is 4.52 Å². The van der Waals surface area contributed by atoms with E-state index in [2.05, 4.69) is 20.1 Å². The van der Waals surface area contributed by atoms with Crippen LogP contribution in [-0.4, -0.2) is 20.1 Å². The standard InChI is InChI=1S/C16H11FN4OS2/c1-9-2-3-10(6-11(9)17)15-20-13(22-21-15)7-24-16-14-12(4-5-23-14)18-8-19-16/h2-6,8H,7H2,1H3. The van der Waals surface area contributed by atoms with E-state index in [1.165, 1.54) is 17.8 Å². The summed E-state index contributed by atoms with van der Waals surface area (Å²) < 4.78 is 20.0. The van der Waals surface area contributed by atoms with Gasteiger partial charge in [-0.15, -0.1) is 11.3 Å². The van der Waals surface area contributed by atoms with Gasteiger partial charge in [-0.2, -0.15) is 4.98 Å². The van der Waals surface area contributed by atoms with E-state index < -0.39 is 0 Å². The van der Waals surface area contributed by atoms with E-state index in [9.17, 15) is 4.39 Å². The number of nitrogens with zero attached hydrogens (tertiary/aromatic N) is 4.